The quantitative estimate of drug-likeness (QED) is 0.303. The molecule has 0 saturated carbocycles. The van der Waals surface area contributed by atoms with Gasteiger partial charge >= 0.3 is 12.1 Å². The summed E-state index contributed by atoms with van der Waals surface area (Å²) >= 11 is 0. The zero-order valence-corrected chi connectivity index (χ0v) is 17.1. The predicted molar refractivity (Wildman–Crippen MR) is 118 cm³/mol. The van der Waals surface area contributed by atoms with Gasteiger partial charge in [0.2, 0.25) is 0 Å². The molecule has 1 aliphatic rings. The Hall–Kier alpha value is -4.29. The molecule has 8 nitrogen and oxygen atoms in total. The highest BCUT2D eigenvalue weighted by atomic mass is 16.5. The van der Waals surface area contributed by atoms with E-state index in [1.54, 1.807) is 6.07 Å². The number of hydrogen-bond acceptors (Lipinski definition) is 4. The largest absolute Gasteiger partial charge is 0.478 e. The minimum atomic E-state index is -1.10. The first-order valence-corrected chi connectivity index (χ1v) is 10.0. The Morgan fingerprint density at radius 3 is 2.25 bits per heavy atom. The molecule has 32 heavy (non-hydrogen) atoms. The van der Waals surface area contributed by atoms with Crippen LogP contribution in [-0.4, -0.2) is 23.8 Å². The second-order valence-electron chi connectivity index (χ2n) is 7.41. The van der Waals surface area contributed by atoms with E-state index >= 15 is 0 Å². The lowest BCUT2D eigenvalue weighted by molar-refractivity contribution is 0.0696. The van der Waals surface area contributed by atoms with Crippen LogP contribution in [0.5, 0.6) is 0 Å². The van der Waals surface area contributed by atoms with Crippen LogP contribution in [0.1, 0.15) is 38.5 Å². The Balaban J connectivity index is 1.42. The highest BCUT2D eigenvalue weighted by molar-refractivity contribution is 5.88. The van der Waals surface area contributed by atoms with Gasteiger partial charge in [0, 0.05) is 17.4 Å². The van der Waals surface area contributed by atoms with Gasteiger partial charge < -0.3 is 15.2 Å². The van der Waals surface area contributed by atoms with E-state index in [4.69, 9.17) is 10.3 Å². The number of ether oxygens (including phenoxy) is 1. The number of nitrogens with zero attached hydrogens (tertiary/aromatic N) is 3. The van der Waals surface area contributed by atoms with Crippen LogP contribution < -0.4 is 5.32 Å². The fraction of sp³-hybridized carbons (Fsp3) is 0.167. The van der Waals surface area contributed by atoms with Crippen LogP contribution in [0.15, 0.2) is 71.8 Å². The van der Waals surface area contributed by atoms with E-state index in [0.29, 0.717) is 11.1 Å². The molecule has 8 heteroatoms. The van der Waals surface area contributed by atoms with E-state index in [0.717, 1.165) is 22.3 Å². The third-order valence-electron chi connectivity index (χ3n) is 5.40. The monoisotopic (exact) mass is 428 g/mol. The summed E-state index contributed by atoms with van der Waals surface area (Å²) in [5.41, 5.74) is 14.2. The summed E-state index contributed by atoms with van der Waals surface area (Å²) in [5, 5.41) is 15.4. The molecule has 0 aliphatic heterocycles. The molecule has 3 aromatic carbocycles. The van der Waals surface area contributed by atoms with Crippen molar-refractivity contribution in [3.8, 4) is 11.1 Å². The summed E-state index contributed by atoms with van der Waals surface area (Å²) in [5.74, 6) is -1.14. The van der Waals surface area contributed by atoms with Gasteiger partial charge in [0.15, 0.2) is 0 Å². The topological polar surface area (TPSA) is 124 Å². The van der Waals surface area contributed by atoms with E-state index in [1.165, 1.54) is 12.1 Å². The van der Waals surface area contributed by atoms with Gasteiger partial charge in [-0.15, -0.1) is 0 Å². The van der Waals surface area contributed by atoms with E-state index < -0.39 is 12.1 Å². The van der Waals surface area contributed by atoms with Gasteiger partial charge in [0.25, 0.3) is 0 Å². The molecule has 0 spiro atoms. The lowest BCUT2D eigenvalue weighted by atomic mass is 9.98. The zero-order chi connectivity index (χ0) is 22.5. The minimum absolute atomic E-state index is 0.0234. The molecular formula is C24H20N4O4. The molecular weight excluding hydrogens is 408 g/mol. The number of carboxylic acids is 1. The van der Waals surface area contributed by atoms with E-state index in [1.807, 2.05) is 36.4 Å². The SMILES string of the molecule is [N-]=[N+]=NCc1cc(CNC(=O)OCC2c3ccccc3-c3ccccc32)cc(C(=O)O)c1. The molecule has 0 fully saturated rings. The number of aromatic carboxylic acids is 1. The number of rotatable bonds is 7. The van der Waals surface area contributed by atoms with Crippen LogP contribution in [0.3, 0.4) is 0 Å². The second-order valence-corrected chi connectivity index (χ2v) is 7.41. The second kappa shape index (κ2) is 9.24. The molecule has 0 heterocycles. The third kappa shape index (κ3) is 4.40. The molecule has 4 rings (SSSR count). The molecule has 1 amide bonds. The number of nitrogens with one attached hydrogen (secondary N) is 1. The summed E-state index contributed by atoms with van der Waals surface area (Å²) in [6, 6.07) is 20.7. The number of azide groups is 1. The van der Waals surface area contributed by atoms with Crippen molar-refractivity contribution in [2.75, 3.05) is 6.61 Å². The molecule has 0 unspecified atom stereocenters. The first kappa shape index (κ1) is 21.0. The number of carbonyl (C=O) groups excluding carboxylic acids is 1. The number of amides is 1. The average molecular weight is 428 g/mol. The molecule has 0 radical (unpaired) electrons. The molecule has 3 aromatic rings. The van der Waals surface area contributed by atoms with Gasteiger partial charge in [0.05, 0.1) is 12.1 Å². The lowest BCUT2D eigenvalue weighted by Crippen LogP contribution is -2.25. The molecule has 160 valence electrons. The molecule has 1 aliphatic carbocycles. The van der Waals surface area contributed by atoms with Gasteiger partial charge in [0.1, 0.15) is 6.61 Å². The highest BCUT2D eigenvalue weighted by Gasteiger charge is 2.28. The molecule has 2 N–H and O–H groups in total. The van der Waals surface area contributed by atoms with Crippen molar-refractivity contribution >= 4 is 12.1 Å². The highest BCUT2D eigenvalue weighted by Crippen LogP contribution is 2.44. The van der Waals surface area contributed by atoms with Crippen LogP contribution in [-0.2, 0) is 17.8 Å². The first-order valence-electron chi connectivity index (χ1n) is 10.0. The third-order valence-corrected chi connectivity index (χ3v) is 5.40. The maximum atomic E-state index is 12.4. The van der Waals surface area contributed by atoms with Crippen molar-refractivity contribution in [1.29, 1.82) is 0 Å². The van der Waals surface area contributed by atoms with Crippen molar-refractivity contribution in [3.63, 3.8) is 0 Å². The average Bonchev–Trinajstić information content (AvgIpc) is 3.13. The Morgan fingerprint density at radius 2 is 1.62 bits per heavy atom. The van der Waals surface area contributed by atoms with Crippen molar-refractivity contribution in [2.24, 2.45) is 5.11 Å². The first-order chi connectivity index (χ1) is 15.6. The van der Waals surface area contributed by atoms with Gasteiger partial charge in [-0.1, -0.05) is 59.7 Å². The summed E-state index contributed by atoms with van der Waals surface area (Å²) in [7, 11) is 0. The van der Waals surface area contributed by atoms with E-state index in [2.05, 4.69) is 27.5 Å². The molecule has 0 atom stereocenters. The summed E-state index contributed by atoms with van der Waals surface area (Å²) in [6.07, 6.45) is -0.593. The van der Waals surface area contributed by atoms with E-state index in [9.17, 15) is 14.7 Å². The molecule has 0 bridgehead atoms. The Kier molecular flexibility index (Phi) is 6.05. The number of carbonyl (C=O) groups is 2. The smallest absolute Gasteiger partial charge is 0.407 e. The van der Waals surface area contributed by atoms with Crippen molar-refractivity contribution in [1.82, 2.24) is 5.32 Å². The van der Waals surface area contributed by atoms with Gasteiger partial charge in [-0.05, 0) is 51.0 Å². The zero-order valence-electron chi connectivity index (χ0n) is 17.1. The van der Waals surface area contributed by atoms with Crippen LogP contribution >= 0.6 is 0 Å². The maximum Gasteiger partial charge on any atom is 0.407 e. The minimum Gasteiger partial charge on any atom is -0.478 e. The molecule has 0 aromatic heterocycles. The van der Waals surface area contributed by atoms with Crippen LogP contribution in [0, 0.1) is 0 Å². The Morgan fingerprint density at radius 1 is 1.00 bits per heavy atom. The number of alkyl carbamates (subject to hydrolysis) is 1. The van der Waals surface area contributed by atoms with E-state index in [-0.39, 0.29) is 31.2 Å². The fourth-order valence-corrected chi connectivity index (χ4v) is 4.02. The number of hydrogen-bond donors (Lipinski definition) is 2. The standard InChI is InChI=1S/C24H20N4O4/c25-28-27-13-16-9-15(10-17(11-16)23(29)30)12-26-24(31)32-14-22-20-7-3-1-5-18(20)19-6-2-4-8-21(19)22/h1-11,22H,12-14H2,(H,26,31)(H,29,30). The maximum absolute atomic E-state index is 12.4. The van der Waals surface area contributed by atoms with Gasteiger partial charge in [-0.3, -0.25) is 0 Å². The number of carboxylic acid groups (broad SMARTS) is 1. The Labute approximate surface area is 184 Å². The van der Waals surface area contributed by atoms with Crippen LogP contribution in [0.25, 0.3) is 21.6 Å². The summed E-state index contributed by atoms with van der Waals surface area (Å²) in [6.45, 7) is 0.299. The Bertz CT molecular complexity index is 1190. The van der Waals surface area contributed by atoms with Crippen molar-refractivity contribution in [3.05, 3.63) is 105 Å². The van der Waals surface area contributed by atoms with Crippen molar-refractivity contribution in [2.45, 2.75) is 19.0 Å². The predicted octanol–water partition coefficient (Wildman–Crippen LogP) is 5.23. The normalized spacial score (nSPS) is 11.8. The number of benzene rings is 3. The summed E-state index contributed by atoms with van der Waals surface area (Å²) in [4.78, 5) is 26.4. The summed E-state index contributed by atoms with van der Waals surface area (Å²) < 4.78 is 5.50. The van der Waals surface area contributed by atoms with Gasteiger partial charge in [-0.2, -0.15) is 0 Å². The lowest BCUT2D eigenvalue weighted by Gasteiger charge is -2.15. The number of fused-ring (bicyclic) bond motifs is 3. The fourth-order valence-electron chi connectivity index (χ4n) is 4.02. The van der Waals surface area contributed by atoms with Crippen LogP contribution in [0.4, 0.5) is 4.79 Å². The van der Waals surface area contributed by atoms with Gasteiger partial charge in [-0.25, -0.2) is 9.59 Å². The molecule has 0 saturated heterocycles. The van der Waals surface area contributed by atoms with Crippen LogP contribution in [0.2, 0.25) is 0 Å². The van der Waals surface area contributed by atoms with Crippen molar-refractivity contribution < 1.29 is 19.4 Å².